The molecule has 0 fully saturated rings. The Bertz CT molecular complexity index is 3760. The lowest BCUT2D eigenvalue weighted by Gasteiger charge is -2.27. The number of nitrogens with zero attached hydrogens (tertiary/aromatic N) is 6. The number of allylic oxidation sites excluding steroid dienone is 6. The minimum atomic E-state index is -4.65. The van der Waals surface area contributed by atoms with Crippen molar-refractivity contribution < 1.29 is 74.8 Å². The molecule has 7 rings (SSSR count). The molecule has 0 saturated heterocycles. The highest BCUT2D eigenvalue weighted by molar-refractivity contribution is 7.86. The minimum Gasteiger partial charge on any atom is -0.346 e. The van der Waals surface area contributed by atoms with E-state index in [2.05, 4.69) is 30.8 Å². The summed E-state index contributed by atoms with van der Waals surface area (Å²) < 4.78 is 157. The van der Waals surface area contributed by atoms with Gasteiger partial charge in [0, 0.05) is 65.4 Å². The van der Waals surface area contributed by atoms with E-state index in [0.717, 1.165) is 11.3 Å². The molecule has 24 nitrogen and oxygen atoms in total. The van der Waals surface area contributed by atoms with Crippen LogP contribution in [0.3, 0.4) is 0 Å². The molecule has 2 aromatic carbocycles. The molecule has 0 saturated carbocycles. The Morgan fingerprint density at radius 1 is 0.763 bits per heavy atom. The fraction of sp³-hybridized carbons (Fsp3) is 0.283. The van der Waals surface area contributed by atoms with Gasteiger partial charge in [0.2, 0.25) is 26.2 Å². The quantitative estimate of drug-likeness (QED) is 0.0180. The summed E-state index contributed by atoms with van der Waals surface area (Å²) in [5.74, 6) is -2.36. The van der Waals surface area contributed by atoms with Crippen molar-refractivity contribution in [3.63, 3.8) is 0 Å². The van der Waals surface area contributed by atoms with Crippen LogP contribution >= 0.6 is 11.3 Å². The molecule has 0 bridgehead atoms. The molecule has 1 unspecified atom stereocenters. The van der Waals surface area contributed by atoms with Crippen LogP contribution in [0.2, 0.25) is 0 Å². The lowest BCUT2D eigenvalue weighted by Crippen LogP contribution is -2.28. The van der Waals surface area contributed by atoms with Gasteiger partial charge >= 0.3 is 0 Å². The maximum atomic E-state index is 13.5. The number of carbonyl (C=O) groups is 2. The third kappa shape index (κ3) is 13.4. The number of pyridine rings is 2. The van der Waals surface area contributed by atoms with Crippen molar-refractivity contribution in [3.8, 4) is 0 Å². The van der Waals surface area contributed by atoms with Gasteiger partial charge in [-0.1, -0.05) is 31.3 Å². The summed E-state index contributed by atoms with van der Waals surface area (Å²) in [5.41, 5.74) is 2.21. The molecule has 5 heterocycles. The van der Waals surface area contributed by atoms with Crippen molar-refractivity contribution in [1.82, 2.24) is 25.5 Å². The number of aromatic nitrogens is 4. The molecule has 30 heteroatoms. The molecule has 76 heavy (non-hydrogen) atoms. The number of anilines is 2. The van der Waals surface area contributed by atoms with Gasteiger partial charge in [-0.25, -0.2) is 4.21 Å². The van der Waals surface area contributed by atoms with Crippen molar-refractivity contribution in [1.29, 1.82) is 0 Å². The summed E-state index contributed by atoms with van der Waals surface area (Å²) in [4.78, 5) is 36.0. The van der Waals surface area contributed by atoms with E-state index in [9.17, 15) is 70.2 Å². The number of hydrogen-bond donors (Lipinski definition) is 7. The maximum Gasteiger partial charge on any atom is 0.294 e. The van der Waals surface area contributed by atoms with Crippen LogP contribution in [-0.2, 0) is 68.9 Å². The lowest BCUT2D eigenvalue weighted by molar-refractivity contribution is -0.437. The van der Waals surface area contributed by atoms with Crippen LogP contribution < -0.4 is 15.5 Å². The zero-order valence-corrected chi connectivity index (χ0v) is 45.4. The van der Waals surface area contributed by atoms with Crippen molar-refractivity contribution >= 4 is 102 Å². The average molecular weight is 1160 g/mol. The van der Waals surface area contributed by atoms with E-state index in [1.807, 2.05) is 0 Å². The molecule has 2 amide bonds. The molecular formula is C46H49N8O16S6+. The zero-order valence-electron chi connectivity index (χ0n) is 40.5. The molecule has 0 aliphatic carbocycles. The summed E-state index contributed by atoms with van der Waals surface area (Å²) in [6.45, 7) is 7.12. The summed E-state index contributed by atoms with van der Waals surface area (Å²) in [6.07, 6.45) is 9.16. The van der Waals surface area contributed by atoms with Gasteiger partial charge in [0.25, 0.3) is 52.3 Å². The second kappa shape index (κ2) is 22.0. The van der Waals surface area contributed by atoms with Gasteiger partial charge in [-0.15, -0.1) is 10.2 Å². The van der Waals surface area contributed by atoms with Crippen molar-refractivity contribution in [2.45, 2.75) is 72.0 Å². The van der Waals surface area contributed by atoms with E-state index < -0.39 is 85.7 Å². The van der Waals surface area contributed by atoms with E-state index in [1.54, 1.807) is 67.5 Å². The summed E-state index contributed by atoms with van der Waals surface area (Å²) in [6, 6.07) is 14.0. The first-order chi connectivity index (χ1) is 35.3. The molecule has 1 atom stereocenters. The highest BCUT2D eigenvalue weighted by Gasteiger charge is 2.45. The molecule has 0 radical (unpaired) electrons. The SMILES string of the molecule is CC1(C)C(/C=C/C(=C/C=C2/N(CCCS(=O)(=O)O)c3ccc(S(=O)(=O)O)cc3C2(C)C)c2ccc(C(=O)NCc3ccc(C(=O)Nc4nnc(S(=O)O)s4)cn3)cn2)=[N+](CCCS(=O)(=O)O)c2ccc(S(=O)(=O)O)cc21. The number of rotatable bonds is 20. The molecule has 2 aliphatic rings. The fourth-order valence-corrected chi connectivity index (χ4v) is 11.7. The number of carbonyl (C=O) groups excluding carboxylic acids is 2. The standard InChI is InChI=1S/C46H48N8O16S6/c1-45(2)34-23-32(75(65,66)67)12-15-37(34)53(19-5-21-73(59,60)61)39(45)17-9-28(10-18-40-46(3,4)35-24-33(76(68,69)70)13-16-38(35)54(40)20-6-22-74(62,63)64)36-14-8-29(26-48-36)41(55)49-27-31-11-7-30(25-47-31)42(56)50-43-51-52-44(71-43)72(57)58/h7-18,23-26H,5-6,19-22,27H2,1-4H3,(H6-,49,50,51,55,56,57,58,59,60,61,62,63,64,65,66,67,68,69,70)/p+1. The summed E-state index contributed by atoms with van der Waals surface area (Å²) in [5, 5.41) is 12.4. The van der Waals surface area contributed by atoms with Crippen molar-refractivity contribution in [2.75, 3.05) is 34.8 Å². The first-order valence-corrected chi connectivity index (χ1v) is 30.5. The zero-order chi connectivity index (χ0) is 55.8. The Morgan fingerprint density at radius 3 is 1.97 bits per heavy atom. The smallest absolute Gasteiger partial charge is 0.294 e. The molecule has 404 valence electrons. The van der Waals surface area contributed by atoms with Crippen LogP contribution in [0.4, 0.5) is 16.5 Å². The van der Waals surface area contributed by atoms with E-state index in [1.165, 1.54) is 67.0 Å². The Hall–Kier alpha value is -6.32. The Morgan fingerprint density at radius 2 is 1.38 bits per heavy atom. The lowest BCUT2D eigenvalue weighted by atomic mass is 9.81. The molecule has 0 spiro atoms. The Labute approximate surface area is 443 Å². The molecule has 3 aromatic heterocycles. The van der Waals surface area contributed by atoms with Crippen LogP contribution in [0, 0.1) is 0 Å². The normalized spacial score (nSPS) is 16.5. The van der Waals surface area contributed by atoms with Gasteiger partial charge in [0.05, 0.1) is 55.8 Å². The Balaban J connectivity index is 1.25. The van der Waals surface area contributed by atoms with Crippen LogP contribution in [0.5, 0.6) is 0 Å². The van der Waals surface area contributed by atoms with E-state index in [0.29, 0.717) is 45.2 Å². The summed E-state index contributed by atoms with van der Waals surface area (Å²) >= 11 is -1.65. The van der Waals surface area contributed by atoms with Gasteiger partial charge in [0.1, 0.15) is 6.54 Å². The van der Waals surface area contributed by atoms with Crippen LogP contribution in [0.15, 0.2) is 117 Å². The predicted molar refractivity (Wildman–Crippen MR) is 280 cm³/mol. The largest absolute Gasteiger partial charge is 0.346 e. The second-order valence-electron chi connectivity index (χ2n) is 18.3. The number of benzene rings is 2. The van der Waals surface area contributed by atoms with E-state index in [4.69, 9.17) is 0 Å². The fourth-order valence-electron chi connectivity index (χ4n) is 8.62. The number of hydrogen-bond acceptors (Lipinski definition) is 17. The third-order valence-electron chi connectivity index (χ3n) is 12.3. The second-order valence-corrected chi connectivity index (χ2v) is 26.4. The topological polar surface area (TPSA) is 371 Å². The third-order valence-corrected chi connectivity index (χ3v) is 17.3. The van der Waals surface area contributed by atoms with Crippen LogP contribution in [0.1, 0.15) is 83.8 Å². The van der Waals surface area contributed by atoms with Crippen molar-refractivity contribution in [2.24, 2.45) is 0 Å². The molecule has 2 aliphatic heterocycles. The monoisotopic (exact) mass is 1160 g/mol. The first-order valence-electron chi connectivity index (χ1n) is 22.5. The van der Waals surface area contributed by atoms with Gasteiger partial charge in [-0.2, -0.15) is 38.2 Å². The van der Waals surface area contributed by atoms with E-state index >= 15 is 0 Å². The summed E-state index contributed by atoms with van der Waals surface area (Å²) in [7, 11) is -18.1. The Kier molecular flexibility index (Phi) is 16.6. The number of amides is 2. The number of fused-ring (bicyclic) bond motifs is 2. The first kappa shape index (κ1) is 57.4. The van der Waals surface area contributed by atoms with Gasteiger partial charge in [0.15, 0.2) is 5.71 Å². The average Bonchev–Trinajstić information content (AvgIpc) is 3.97. The van der Waals surface area contributed by atoms with E-state index in [-0.39, 0.29) is 68.6 Å². The van der Waals surface area contributed by atoms with Crippen molar-refractivity contribution in [3.05, 3.63) is 137 Å². The molecular weight excluding hydrogens is 1110 g/mol. The molecule has 7 N–H and O–H groups in total. The predicted octanol–water partition coefficient (Wildman–Crippen LogP) is 4.84. The highest BCUT2D eigenvalue weighted by Crippen LogP contribution is 2.49. The van der Waals surface area contributed by atoms with Gasteiger partial charge in [-0.05, 0) is 92.6 Å². The van der Waals surface area contributed by atoms with Gasteiger partial charge in [-0.3, -0.25) is 43.1 Å². The van der Waals surface area contributed by atoms with Gasteiger partial charge < -0.3 is 14.8 Å². The number of nitrogens with one attached hydrogen (secondary N) is 2. The van der Waals surface area contributed by atoms with Crippen LogP contribution in [0.25, 0.3) is 5.57 Å². The maximum absolute atomic E-state index is 13.5. The minimum absolute atomic E-state index is 0.00465. The van der Waals surface area contributed by atoms with Crippen LogP contribution in [-0.4, -0.2) is 128 Å². The molecule has 5 aromatic rings. The highest BCUT2D eigenvalue weighted by atomic mass is 32.2.